The van der Waals surface area contributed by atoms with Crippen LogP contribution in [0.15, 0.2) is 12.1 Å². The number of carbonyl (C=O) groups is 1. The van der Waals surface area contributed by atoms with Crippen molar-refractivity contribution in [2.45, 2.75) is 0 Å². The zero-order chi connectivity index (χ0) is 10.6. The monoisotopic (exact) mass is 197 g/mol. The second kappa shape index (κ2) is 4.36. The Balaban J connectivity index is 3.24. The van der Waals surface area contributed by atoms with Crippen molar-refractivity contribution in [1.82, 2.24) is 0 Å². The zero-order valence-corrected chi connectivity index (χ0v) is 7.90. The largest absolute Gasteiger partial charge is 0.508 e. The molecule has 0 saturated heterocycles. The summed E-state index contributed by atoms with van der Waals surface area (Å²) in [5.41, 5.74) is 0.391. The molecule has 1 rings (SSSR count). The van der Waals surface area contributed by atoms with Gasteiger partial charge in [-0.2, -0.15) is 0 Å². The van der Waals surface area contributed by atoms with Crippen LogP contribution in [0.5, 0.6) is 17.2 Å². The van der Waals surface area contributed by atoms with Gasteiger partial charge in [-0.05, 0) is 0 Å². The van der Waals surface area contributed by atoms with Crippen molar-refractivity contribution in [3.8, 4) is 17.2 Å². The topological polar surface area (TPSA) is 67.8 Å². The van der Waals surface area contributed by atoms with E-state index in [1.54, 1.807) is 0 Å². The number of hydrogen-bond acceptors (Lipinski definition) is 4. The molecule has 0 heterocycles. The van der Waals surface area contributed by atoms with Gasteiger partial charge >= 0.3 is 0 Å². The molecule has 2 N–H and O–H groups in total. The van der Waals surface area contributed by atoms with E-state index in [1.807, 2.05) is 0 Å². The normalized spacial score (nSPS) is 9.29. The van der Waals surface area contributed by atoms with E-state index in [1.165, 1.54) is 26.4 Å². The van der Waals surface area contributed by atoms with Crippen LogP contribution in [0, 0.1) is 0 Å². The van der Waals surface area contributed by atoms with Gasteiger partial charge in [0.05, 0.1) is 14.2 Å². The molecular weight excluding hydrogens is 186 g/mol. The van der Waals surface area contributed by atoms with Crippen LogP contribution < -0.4 is 14.8 Å². The van der Waals surface area contributed by atoms with Crippen molar-refractivity contribution in [2.24, 2.45) is 0 Å². The van der Waals surface area contributed by atoms with E-state index < -0.39 is 0 Å². The fourth-order valence-electron chi connectivity index (χ4n) is 1.10. The average molecular weight is 197 g/mol. The van der Waals surface area contributed by atoms with Gasteiger partial charge in [-0.1, -0.05) is 0 Å². The molecule has 5 nitrogen and oxygen atoms in total. The van der Waals surface area contributed by atoms with Gasteiger partial charge < -0.3 is 19.9 Å². The van der Waals surface area contributed by atoms with Gasteiger partial charge in [0.15, 0.2) is 0 Å². The first-order valence-corrected chi connectivity index (χ1v) is 3.88. The molecule has 0 radical (unpaired) electrons. The maximum atomic E-state index is 10.3. The lowest BCUT2D eigenvalue weighted by Gasteiger charge is -2.12. The predicted octanol–water partition coefficient (Wildman–Crippen LogP) is 0.978. The molecule has 0 unspecified atom stereocenters. The fourth-order valence-corrected chi connectivity index (χ4v) is 1.10. The third-order valence-electron chi connectivity index (χ3n) is 1.69. The van der Waals surface area contributed by atoms with Gasteiger partial charge in [0.25, 0.3) is 0 Å². The summed E-state index contributed by atoms with van der Waals surface area (Å²) < 4.78 is 9.92. The lowest BCUT2D eigenvalue weighted by Crippen LogP contribution is -2.00. The summed E-state index contributed by atoms with van der Waals surface area (Å²) in [6.45, 7) is 0. The number of nitrogens with one attached hydrogen (secondary N) is 1. The van der Waals surface area contributed by atoms with Gasteiger partial charge in [0.1, 0.15) is 22.9 Å². The van der Waals surface area contributed by atoms with Crippen LogP contribution in [0.3, 0.4) is 0 Å². The van der Waals surface area contributed by atoms with Crippen molar-refractivity contribution in [1.29, 1.82) is 0 Å². The molecule has 14 heavy (non-hydrogen) atoms. The molecule has 1 aromatic carbocycles. The second-order valence-electron chi connectivity index (χ2n) is 2.49. The van der Waals surface area contributed by atoms with E-state index in [0.717, 1.165) is 0 Å². The fraction of sp³-hybridized carbons (Fsp3) is 0.222. The number of methoxy groups -OCH3 is 2. The Bertz CT molecular complexity index is 313. The standard InChI is InChI=1S/C9H11NO4/c1-13-7-3-6(12)4-8(14-2)9(7)10-5-11/h3-5,12H,1-2H3,(H,10,11). The first kappa shape index (κ1) is 10.2. The van der Waals surface area contributed by atoms with Crippen LogP contribution in [0.4, 0.5) is 5.69 Å². The lowest BCUT2D eigenvalue weighted by atomic mass is 10.2. The molecule has 76 valence electrons. The van der Waals surface area contributed by atoms with E-state index >= 15 is 0 Å². The molecule has 0 saturated carbocycles. The Hall–Kier alpha value is -1.91. The van der Waals surface area contributed by atoms with Gasteiger partial charge in [-0.15, -0.1) is 0 Å². The Morgan fingerprint density at radius 1 is 1.29 bits per heavy atom. The summed E-state index contributed by atoms with van der Waals surface area (Å²) in [5, 5.41) is 11.7. The number of benzene rings is 1. The first-order valence-electron chi connectivity index (χ1n) is 3.88. The van der Waals surface area contributed by atoms with E-state index in [-0.39, 0.29) is 5.75 Å². The number of hydrogen-bond donors (Lipinski definition) is 2. The van der Waals surface area contributed by atoms with Crippen LogP contribution in [0.2, 0.25) is 0 Å². The Kier molecular flexibility index (Phi) is 3.17. The Morgan fingerprint density at radius 3 is 2.14 bits per heavy atom. The molecule has 1 amide bonds. The number of phenols is 1. The number of anilines is 1. The molecule has 1 aromatic rings. The van der Waals surface area contributed by atoms with Crippen molar-refractivity contribution in [3.63, 3.8) is 0 Å². The van der Waals surface area contributed by atoms with E-state index in [2.05, 4.69) is 5.32 Å². The highest BCUT2D eigenvalue weighted by molar-refractivity contribution is 5.81. The van der Waals surface area contributed by atoms with Crippen LogP contribution in [-0.4, -0.2) is 25.7 Å². The third-order valence-corrected chi connectivity index (χ3v) is 1.69. The molecular formula is C9H11NO4. The number of carbonyl (C=O) groups excluding carboxylic acids is 1. The maximum Gasteiger partial charge on any atom is 0.211 e. The van der Waals surface area contributed by atoms with Crippen molar-refractivity contribution >= 4 is 12.1 Å². The highest BCUT2D eigenvalue weighted by Crippen LogP contribution is 2.37. The molecule has 0 aliphatic carbocycles. The predicted molar refractivity (Wildman–Crippen MR) is 50.9 cm³/mol. The number of ether oxygens (including phenoxy) is 2. The summed E-state index contributed by atoms with van der Waals surface area (Å²) in [5.74, 6) is 0.693. The Labute approximate surface area is 81.3 Å². The number of aromatic hydroxyl groups is 1. The van der Waals surface area contributed by atoms with Crippen LogP contribution in [0.1, 0.15) is 0 Å². The first-order chi connectivity index (χ1) is 6.72. The smallest absolute Gasteiger partial charge is 0.211 e. The molecule has 0 aliphatic rings. The van der Waals surface area contributed by atoms with Gasteiger partial charge in [0, 0.05) is 12.1 Å². The summed E-state index contributed by atoms with van der Waals surface area (Å²) in [6.07, 6.45) is 0.511. The van der Waals surface area contributed by atoms with E-state index in [4.69, 9.17) is 9.47 Å². The number of amides is 1. The molecule has 0 aliphatic heterocycles. The minimum absolute atomic E-state index is 0.00940. The van der Waals surface area contributed by atoms with Crippen LogP contribution in [-0.2, 0) is 4.79 Å². The average Bonchev–Trinajstić information content (AvgIpc) is 2.20. The van der Waals surface area contributed by atoms with Crippen molar-refractivity contribution < 1.29 is 19.4 Å². The summed E-state index contributed by atoms with van der Waals surface area (Å²) in [7, 11) is 2.87. The van der Waals surface area contributed by atoms with Crippen LogP contribution in [0.25, 0.3) is 0 Å². The molecule has 0 fully saturated rings. The molecule has 0 bridgehead atoms. The molecule has 0 spiro atoms. The minimum Gasteiger partial charge on any atom is -0.508 e. The van der Waals surface area contributed by atoms with Gasteiger partial charge in [-0.25, -0.2) is 0 Å². The van der Waals surface area contributed by atoms with Crippen molar-refractivity contribution in [2.75, 3.05) is 19.5 Å². The third kappa shape index (κ3) is 1.87. The highest BCUT2D eigenvalue weighted by Gasteiger charge is 2.11. The SMILES string of the molecule is COc1cc(O)cc(OC)c1NC=O. The second-order valence-corrected chi connectivity index (χ2v) is 2.49. The Morgan fingerprint density at radius 2 is 1.79 bits per heavy atom. The molecule has 0 atom stereocenters. The van der Waals surface area contributed by atoms with E-state index in [9.17, 15) is 9.90 Å². The quantitative estimate of drug-likeness (QED) is 0.557. The number of rotatable bonds is 4. The zero-order valence-electron chi connectivity index (χ0n) is 7.90. The van der Waals surface area contributed by atoms with Gasteiger partial charge in [-0.3, -0.25) is 4.79 Å². The lowest BCUT2D eigenvalue weighted by molar-refractivity contribution is -0.105. The highest BCUT2D eigenvalue weighted by atomic mass is 16.5. The number of phenolic OH excluding ortho intramolecular Hbond substituents is 1. The molecule has 0 aromatic heterocycles. The van der Waals surface area contributed by atoms with E-state index in [0.29, 0.717) is 23.6 Å². The summed E-state index contributed by atoms with van der Waals surface area (Å²) in [4.78, 5) is 10.3. The summed E-state index contributed by atoms with van der Waals surface area (Å²) in [6, 6.07) is 2.77. The maximum absolute atomic E-state index is 10.3. The van der Waals surface area contributed by atoms with Gasteiger partial charge in [0.2, 0.25) is 6.41 Å². The van der Waals surface area contributed by atoms with Crippen LogP contribution >= 0.6 is 0 Å². The van der Waals surface area contributed by atoms with Crippen molar-refractivity contribution in [3.05, 3.63) is 12.1 Å². The summed E-state index contributed by atoms with van der Waals surface area (Å²) >= 11 is 0. The minimum atomic E-state index is 0.00940. The molecule has 5 heteroatoms.